The summed E-state index contributed by atoms with van der Waals surface area (Å²) in [6, 6.07) is 3.18. The number of carbonyl (C=O) groups excluding carboxylic acids is 1. The Labute approximate surface area is 124 Å². The first-order chi connectivity index (χ1) is 9.78. The molecular formula is C15H23N3O3. The Kier molecular flexibility index (Phi) is 4.25. The van der Waals surface area contributed by atoms with E-state index in [0.717, 1.165) is 19.3 Å². The Morgan fingerprint density at radius 2 is 2.10 bits per heavy atom. The van der Waals surface area contributed by atoms with Gasteiger partial charge in [0.05, 0.1) is 11.7 Å². The van der Waals surface area contributed by atoms with Gasteiger partial charge in [-0.3, -0.25) is 9.69 Å². The fourth-order valence-corrected chi connectivity index (χ4v) is 2.49. The lowest BCUT2D eigenvalue weighted by atomic mass is 9.99. The quantitative estimate of drug-likeness (QED) is 0.832. The van der Waals surface area contributed by atoms with Gasteiger partial charge in [0.25, 0.3) is 5.56 Å². The van der Waals surface area contributed by atoms with Crippen molar-refractivity contribution < 1.29 is 9.53 Å². The number of hydrogen-bond acceptors (Lipinski definition) is 4. The second kappa shape index (κ2) is 5.79. The largest absolute Gasteiger partial charge is 0.444 e. The Balaban J connectivity index is 2.24. The van der Waals surface area contributed by atoms with Crippen LogP contribution >= 0.6 is 0 Å². The highest BCUT2D eigenvalue weighted by molar-refractivity contribution is 5.69. The van der Waals surface area contributed by atoms with E-state index in [4.69, 9.17) is 10.5 Å². The summed E-state index contributed by atoms with van der Waals surface area (Å²) < 4.78 is 5.45. The maximum atomic E-state index is 12.3. The van der Waals surface area contributed by atoms with Crippen molar-refractivity contribution in [1.29, 1.82) is 0 Å². The average molecular weight is 293 g/mol. The van der Waals surface area contributed by atoms with Crippen molar-refractivity contribution in [3.05, 3.63) is 28.2 Å². The minimum Gasteiger partial charge on any atom is -0.444 e. The van der Waals surface area contributed by atoms with Gasteiger partial charge >= 0.3 is 6.09 Å². The third kappa shape index (κ3) is 3.77. The number of ether oxygens (including phenoxy) is 1. The van der Waals surface area contributed by atoms with Crippen LogP contribution in [0.2, 0.25) is 0 Å². The molecule has 1 aromatic heterocycles. The van der Waals surface area contributed by atoms with Crippen LogP contribution < -0.4 is 11.3 Å². The van der Waals surface area contributed by atoms with Gasteiger partial charge in [-0.15, -0.1) is 0 Å². The smallest absolute Gasteiger partial charge is 0.410 e. The summed E-state index contributed by atoms with van der Waals surface area (Å²) in [7, 11) is 0. The van der Waals surface area contributed by atoms with E-state index in [1.54, 1.807) is 17.0 Å². The van der Waals surface area contributed by atoms with E-state index in [9.17, 15) is 9.59 Å². The molecule has 116 valence electrons. The number of hydrogen-bond donors (Lipinski definition) is 2. The number of aromatic amines is 1. The molecule has 2 rings (SSSR count). The normalized spacial score (nSPS) is 19.4. The first-order valence-corrected chi connectivity index (χ1v) is 7.26. The van der Waals surface area contributed by atoms with Gasteiger partial charge in [0, 0.05) is 12.2 Å². The molecule has 21 heavy (non-hydrogen) atoms. The van der Waals surface area contributed by atoms with E-state index in [0.29, 0.717) is 12.2 Å². The molecule has 0 saturated carbocycles. The maximum absolute atomic E-state index is 12.3. The number of rotatable bonds is 1. The topological polar surface area (TPSA) is 88.4 Å². The third-order valence-corrected chi connectivity index (χ3v) is 3.45. The van der Waals surface area contributed by atoms with E-state index >= 15 is 0 Å². The number of nitrogens with zero attached hydrogens (tertiary/aromatic N) is 1. The minimum atomic E-state index is -0.534. The fraction of sp³-hybridized carbons (Fsp3) is 0.600. The maximum Gasteiger partial charge on any atom is 0.410 e. The first-order valence-electron chi connectivity index (χ1n) is 7.26. The lowest BCUT2D eigenvalue weighted by Crippen LogP contribution is -2.42. The molecule has 0 radical (unpaired) electrons. The summed E-state index contributed by atoms with van der Waals surface area (Å²) in [4.78, 5) is 28.5. The zero-order valence-electron chi connectivity index (χ0n) is 12.8. The van der Waals surface area contributed by atoms with Gasteiger partial charge in [0.15, 0.2) is 0 Å². The number of nitrogen functional groups attached to an aromatic ring is 1. The molecule has 0 spiro atoms. The lowest BCUT2D eigenvalue weighted by molar-refractivity contribution is 0.00899. The molecule has 1 unspecified atom stereocenters. The number of aromatic nitrogens is 1. The fourth-order valence-electron chi connectivity index (χ4n) is 2.49. The summed E-state index contributed by atoms with van der Waals surface area (Å²) in [5, 5.41) is 0. The second-order valence-corrected chi connectivity index (χ2v) is 6.38. The van der Waals surface area contributed by atoms with Crippen LogP contribution in [0.5, 0.6) is 0 Å². The van der Waals surface area contributed by atoms with Crippen LogP contribution in [-0.4, -0.2) is 28.1 Å². The van der Waals surface area contributed by atoms with Crippen LogP contribution in [0, 0.1) is 0 Å². The van der Waals surface area contributed by atoms with Crippen LogP contribution in [0.1, 0.15) is 51.8 Å². The summed E-state index contributed by atoms with van der Waals surface area (Å²) in [5.41, 5.74) is 5.58. The van der Waals surface area contributed by atoms with Crippen LogP contribution in [0.15, 0.2) is 16.9 Å². The molecule has 0 aliphatic carbocycles. The standard InChI is InChI=1S/C15H23N3O3/c1-15(2,3)21-14(20)18-9-5-4-6-12(18)11-8-7-10(16)13(19)17-11/h7-8,12H,4-6,9,16H2,1-3H3,(H,17,19). The number of pyridine rings is 1. The van der Waals surface area contributed by atoms with Crippen molar-refractivity contribution in [2.24, 2.45) is 0 Å². The number of amides is 1. The van der Waals surface area contributed by atoms with Crippen molar-refractivity contribution in [2.75, 3.05) is 12.3 Å². The highest BCUT2D eigenvalue weighted by Crippen LogP contribution is 2.30. The summed E-state index contributed by atoms with van der Waals surface area (Å²) in [5.74, 6) is 0. The predicted octanol–water partition coefficient (Wildman–Crippen LogP) is 2.42. The number of likely N-dealkylation sites (tertiary alicyclic amines) is 1. The Bertz CT molecular complexity index is 574. The second-order valence-electron chi connectivity index (χ2n) is 6.38. The van der Waals surface area contributed by atoms with Crippen molar-refractivity contribution in [1.82, 2.24) is 9.88 Å². The molecule has 3 N–H and O–H groups in total. The molecule has 1 aromatic rings. The molecule has 6 nitrogen and oxygen atoms in total. The van der Waals surface area contributed by atoms with Crippen LogP contribution in [-0.2, 0) is 4.74 Å². The minimum absolute atomic E-state index is 0.165. The molecule has 2 heterocycles. The van der Waals surface area contributed by atoms with Gasteiger partial charge in [0.2, 0.25) is 0 Å². The molecule has 1 saturated heterocycles. The van der Waals surface area contributed by atoms with Gasteiger partial charge < -0.3 is 15.5 Å². The van der Waals surface area contributed by atoms with Gasteiger partial charge in [-0.25, -0.2) is 4.79 Å². The van der Waals surface area contributed by atoms with Crippen molar-refractivity contribution in [3.63, 3.8) is 0 Å². The van der Waals surface area contributed by atoms with Gasteiger partial charge in [0.1, 0.15) is 5.60 Å². The van der Waals surface area contributed by atoms with Crippen LogP contribution in [0.25, 0.3) is 0 Å². The molecule has 6 heteroatoms. The number of nitrogens with two attached hydrogens (primary N) is 1. The lowest BCUT2D eigenvalue weighted by Gasteiger charge is -2.36. The Hall–Kier alpha value is -1.98. The van der Waals surface area contributed by atoms with E-state index in [1.807, 2.05) is 20.8 Å². The number of anilines is 1. The third-order valence-electron chi connectivity index (χ3n) is 3.45. The highest BCUT2D eigenvalue weighted by atomic mass is 16.6. The molecule has 0 bridgehead atoms. The van der Waals surface area contributed by atoms with Gasteiger partial charge in [-0.05, 0) is 52.2 Å². The SMILES string of the molecule is CC(C)(C)OC(=O)N1CCCCC1c1ccc(N)c(=O)[nH]1. The molecule has 1 atom stereocenters. The molecule has 1 aliphatic heterocycles. The molecule has 1 aliphatic rings. The number of carbonyl (C=O) groups is 1. The van der Waals surface area contributed by atoms with Gasteiger partial charge in [-0.1, -0.05) is 0 Å². The van der Waals surface area contributed by atoms with Crippen molar-refractivity contribution >= 4 is 11.8 Å². The predicted molar refractivity (Wildman–Crippen MR) is 81.0 cm³/mol. The first kappa shape index (κ1) is 15.4. The van der Waals surface area contributed by atoms with Crippen LogP contribution in [0.3, 0.4) is 0 Å². The zero-order chi connectivity index (χ0) is 15.6. The molecule has 1 amide bonds. The van der Waals surface area contributed by atoms with E-state index in [1.165, 1.54) is 0 Å². The molecule has 1 fully saturated rings. The summed E-state index contributed by atoms with van der Waals surface area (Å²) in [6.45, 7) is 6.16. The Morgan fingerprint density at radius 3 is 2.71 bits per heavy atom. The molecular weight excluding hydrogens is 270 g/mol. The van der Waals surface area contributed by atoms with E-state index < -0.39 is 5.60 Å². The summed E-state index contributed by atoms with van der Waals surface area (Å²) in [6.07, 6.45) is 2.41. The number of H-pyrrole nitrogens is 1. The van der Waals surface area contributed by atoms with E-state index in [2.05, 4.69) is 4.98 Å². The van der Waals surface area contributed by atoms with E-state index in [-0.39, 0.29) is 23.4 Å². The average Bonchev–Trinajstić information content (AvgIpc) is 2.40. The van der Waals surface area contributed by atoms with Crippen LogP contribution in [0.4, 0.5) is 10.5 Å². The van der Waals surface area contributed by atoms with Gasteiger partial charge in [-0.2, -0.15) is 0 Å². The van der Waals surface area contributed by atoms with Crippen molar-refractivity contribution in [3.8, 4) is 0 Å². The number of nitrogens with one attached hydrogen (secondary N) is 1. The monoisotopic (exact) mass is 293 g/mol. The highest BCUT2D eigenvalue weighted by Gasteiger charge is 2.31. The van der Waals surface area contributed by atoms with Crippen molar-refractivity contribution in [2.45, 2.75) is 51.7 Å². The Morgan fingerprint density at radius 1 is 1.38 bits per heavy atom. The zero-order valence-corrected chi connectivity index (χ0v) is 12.8. The summed E-state index contributed by atoms with van der Waals surface area (Å²) >= 11 is 0. The molecule has 0 aromatic carbocycles. The number of piperidine rings is 1.